The van der Waals surface area contributed by atoms with E-state index >= 15 is 0 Å². The zero-order valence-electron chi connectivity index (χ0n) is 12.8. The number of benzene rings is 1. The van der Waals surface area contributed by atoms with Gasteiger partial charge in [-0.1, -0.05) is 25.4 Å². The Hall–Kier alpha value is -2.40. The molecule has 0 aliphatic carbocycles. The van der Waals surface area contributed by atoms with Crippen molar-refractivity contribution in [2.24, 2.45) is 5.92 Å². The van der Waals surface area contributed by atoms with Crippen LogP contribution in [0.3, 0.4) is 0 Å². The lowest BCUT2D eigenvalue weighted by atomic mass is 10.1. The number of fused-ring (bicyclic) bond motifs is 1. The van der Waals surface area contributed by atoms with Gasteiger partial charge in [0, 0.05) is 18.3 Å². The summed E-state index contributed by atoms with van der Waals surface area (Å²) in [5.41, 5.74) is 2.45. The molecule has 3 aromatic rings. The molecule has 1 N–H and O–H groups in total. The van der Waals surface area contributed by atoms with Crippen molar-refractivity contribution in [3.63, 3.8) is 0 Å². The first kappa shape index (κ1) is 15.5. The maximum atomic E-state index is 11.8. The van der Waals surface area contributed by atoms with E-state index in [1.807, 2.05) is 13.8 Å². The first-order chi connectivity index (χ1) is 11.0. The smallest absolute Gasteiger partial charge is 0.230 e. The summed E-state index contributed by atoms with van der Waals surface area (Å²) in [4.78, 5) is 20.3. The Kier molecular flexibility index (Phi) is 4.30. The van der Waals surface area contributed by atoms with Crippen molar-refractivity contribution in [1.82, 2.24) is 9.97 Å². The van der Waals surface area contributed by atoms with Crippen molar-refractivity contribution in [1.29, 1.82) is 0 Å². The fourth-order valence-electron chi connectivity index (χ4n) is 2.23. The fraction of sp³-hybridized carbons (Fsp3) is 0.235. The number of carbonyl (C=O) groups excluding carboxylic acids is 1. The molecule has 6 heteroatoms. The molecule has 1 amide bonds. The van der Waals surface area contributed by atoms with E-state index in [-0.39, 0.29) is 5.91 Å². The van der Waals surface area contributed by atoms with E-state index in [9.17, 15) is 4.79 Å². The van der Waals surface area contributed by atoms with Gasteiger partial charge in [0.15, 0.2) is 11.2 Å². The standard InChI is InChI=1S/C17H16ClN3O2/c1-10(2)8-15(22)20-11-5-6-12(13(18)9-11)17-21-16-14(23-17)4-3-7-19-16/h3-7,9-10H,8H2,1-2H3,(H,20,22). The molecule has 23 heavy (non-hydrogen) atoms. The van der Waals surface area contributed by atoms with E-state index < -0.39 is 0 Å². The maximum absolute atomic E-state index is 11.8. The number of anilines is 1. The normalized spacial score (nSPS) is 11.1. The molecule has 118 valence electrons. The third-order valence-electron chi connectivity index (χ3n) is 3.24. The lowest BCUT2D eigenvalue weighted by Crippen LogP contribution is -2.13. The molecular formula is C17H16ClN3O2. The van der Waals surface area contributed by atoms with Crippen LogP contribution in [0.4, 0.5) is 5.69 Å². The Morgan fingerprint density at radius 1 is 1.35 bits per heavy atom. The minimum Gasteiger partial charge on any atom is -0.434 e. The number of nitrogens with zero attached hydrogens (tertiary/aromatic N) is 2. The van der Waals surface area contributed by atoms with Crippen LogP contribution in [0, 0.1) is 5.92 Å². The van der Waals surface area contributed by atoms with Gasteiger partial charge in [0.05, 0.1) is 10.6 Å². The number of aromatic nitrogens is 2. The number of hydrogen-bond acceptors (Lipinski definition) is 4. The molecular weight excluding hydrogens is 314 g/mol. The zero-order chi connectivity index (χ0) is 16.4. The van der Waals surface area contributed by atoms with Crippen LogP contribution in [0.15, 0.2) is 40.9 Å². The number of pyridine rings is 1. The molecule has 0 radical (unpaired) electrons. The van der Waals surface area contributed by atoms with Gasteiger partial charge in [0.25, 0.3) is 0 Å². The fourth-order valence-corrected chi connectivity index (χ4v) is 2.49. The van der Waals surface area contributed by atoms with E-state index in [4.69, 9.17) is 16.0 Å². The Balaban J connectivity index is 1.85. The first-order valence-corrected chi connectivity index (χ1v) is 7.72. The molecule has 0 spiro atoms. The van der Waals surface area contributed by atoms with E-state index in [0.717, 1.165) is 0 Å². The van der Waals surface area contributed by atoms with E-state index in [1.165, 1.54) is 0 Å². The Labute approximate surface area is 138 Å². The molecule has 0 fully saturated rings. The molecule has 0 aliphatic rings. The molecule has 0 atom stereocenters. The van der Waals surface area contributed by atoms with Crippen LogP contribution in [0.5, 0.6) is 0 Å². The van der Waals surface area contributed by atoms with Crippen LogP contribution in [-0.2, 0) is 4.79 Å². The summed E-state index contributed by atoms with van der Waals surface area (Å²) in [5, 5.41) is 3.29. The monoisotopic (exact) mass is 329 g/mol. The quantitative estimate of drug-likeness (QED) is 0.763. The van der Waals surface area contributed by atoms with Crippen LogP contribution in [0.25, 0.3) is 22.7 Å². The zero-order valence-corrected chi connectivity index (χ0v) is 13.6. The second kappa shape index (κ2) is 6.38. The van der Waals surface area contributed by atoms with Crippen LogP contribution in [-0.4, -0.2) is 15.9 Å². The van der Waals surface area contributed by atoms with Gasteiger partial charge in [-0.3, -0.25) is 4.79 Å². The van der Waals surface area contributed by atoms with Crippen LogP contribution >= 0.6 is 11.6 Å². The third kappa shape index (κ3) is 3.51. The van der Waals surface area contributed by atoms with Crippen molar-refractivity contribution < 1.29 is 9.21 Å². The van der Waals surface area contributed by atoms with Gasteiger partial charge in [0.1, 0.15) is 0 Å². The average Bonchev–Trinajstić information content (AvgIpc) is 2.89. The highest BCUT2D eigenvalue weighted by molar-refractivity contribution is 6.33. The lowest BCUT2D eigenvalue weighted by molar-refractivity contribution is -0.116. The number of amides is 1. The van der Waals surface area contributed by atoms with Crippen molar-refractivity contribution in [3.05, 3.63) is 41.6 Å². The van der Waals surface area contributed by atoms with Crippen LogP contribution < -0.4 is 5.32 Å². The average molecular weight is 330 g/mol. The van der Waals surface area contributed by atoms with Crippen molar-refractivity contribution in [2.75, 3.05) is 5.32 Å². The SMILES string of the molecule is CC(C)CC(=O)Nc1ccc(-c2nc3ncccc3o2)c(Cl)c1. The molecule has 2 aromatic heterocycles. The molecule has 5 nitrogen and oxygen atoms in total. The molecule has 0 saturated carbocycles. The summed E-state index contributed by atoms with van der Waals surface area (Å²) in [7, 11) is 0. The molecule has 0 saturated heterocycles. The van der Waals surface area contributed by atoms with Gasteiger partial charge in [0.2, 0.25) is 11.8 Å². The number of nitrogens with one attached hydrogen (secondary N) is 1. The molecule has 2 heterocycles. The summed E-state index contributed by atoms with van der Waals surface area (Å²) in [5.74, 6) is 0.677. The molecule has 3 rings (SSSR count). The highest BCUT2D eigenvalue weighted by Gasteiger charge is 2.13. The van der Waals surface area contributed by atoms with Gasteiger partial charge in [-0.15, -0.1) is 0 Å². The topological polar surface area (TPSA) is 68.0 Å². The van der Waals surface area contributed by atoms with Crippen molar-refractivity contribution >= 4 is 34.4 Å². The maximum Gasteiger partial charge on any atom is 0.230 e. The third-order valence-corrected chi connectivity index (χ3v) is 3.55. The minimum absolute atomic E-state index is 0.0325. The van der Waals surface area contributed by atoms with Crippen molar-refractivity contribution in [3.8, 4) is 11.5 Å². The predicted molar refractivity (Wildman–Crippen MR) is 90.3 cm³/mol. The number of halogens is 1. The Morgan fingerprint density at radius 2 is 2.17 bits per heavy atom. The highest BCUT2D eigenvalue weighted by Crippen LogP contribution is 2.31. The molecule has 1 aromatic carbocycles. The van der Waals surface area contributed by atoms with E-state index in [1.54, 1.807) is 36.5 Å². The van der Waals surface area contributed by atoms with Crippen molar-refractivity contribution in [2.45, 2.75) is 20.3 Å². The number of oxazole rings is 1. The summed E-state index contributed by atoms with van der Waals surface area (Å²) in [6, 6.07) is 8.83. The van der Waals surface area contributed by atoms with Gasteiger partial charge < -0.3 is 9.73 Å². The van der Waals surface area contributed by atoms with Gasteiger partial charge >= 0.3 is 0 Å². The molecule has 0 bridgehead atoms. The van der Waals surface area contributed by atoms with Gasteiger partial charge in [-0.2, -0.15) is 4.98 Å². The highest BCUT2D eigenvalue weighted by atomic mass is 35.5. The summed E-state index contributed by atoms with van der Waals surface area (Å²) in [6.45, 7) is 3.99. The number of carbonyl (C=O) groups is 1. The predicted octanol–water partition coefficient (Wildman–Crippen LogP) is 4.53. The van der Waals surface area contributed by atoms with E-state index in [0.29, 0.717) is 45.7 Å². The Morgan fingerprint density at radius 3 is 2.87 bits per heavy atom. The van der Waals surface area contributed by atoms with Crippen LogP contribution in [0.2, 0.25) is 5.02 Å². The van der Waals surface area contributed by atoms with Gasteiger partial charge in [-0.25, -0.2) is 4.98 Å². The largest absolute Gasteiger partial charge is 0.434 e. The van der Waals surface area contributed by atoms with E-state index in [2.05, 4.69) is 15.3 Å². The first-order valence-electron chi connectivity index (χ1n) is 7.34. The second-order valence-corrected chi connectivity index (χ2v) is 6.09. The summed E-state index contributed by atoms with van der Waals surface area (Å²) >= 11 is 6.31. The molecule has 0 unspecified atom stereocenters. The minimum atomic E-state index is -0.0325. The number of hydrogen-bond donors (Lipinski definition) is 1. The van der Waals surface area contributed by atoms with Crippen LogP contribution in [0.1, 0.15) is 20.3 Å². The second-order valence-electron chi connectivity index (χ2n) is 5.68. The summed E-state index contributed by atoms with van der Waals surface area (Å²) in [6.07, 6.45) is 2.12. The Bertz CT molecular complexity index is 825. The molecule has 0 aliphatic heterocycles. The summed E-state index contributed by atoms with van der Waals surface area (Å²) < 4.78 is 5.66. The lowest BCUT2D eigenvalue weighted by Gasteiger charge is -2.08. The number of rotatable bonds is 4. The van der Waals surface area contributed by atoms with Gasteiger partial charge in [-0.05, 0) is 36.2 Å².